The van der Waals surface area contributed by atoms with E-state index < -0.39 is 0 Å². The third-order valence-electron chi connectivity index (χ3n) is 5.89. The molecule has 158 valence electrons. The van der Waals surface area contributed by atoms with E-state index in [0.29, 0.717) is 11.2 Å². The van der Waals surface area contributed by atoms with Crippen LogP contribution in [0.5, 0.6) is 0 Å². The molecule has 2 aromatic heterocycles. The van der Waals surface area contributed by atoms with Crippen LogP contribution in [0, 0.1) is 6.92 Å². The summed E-state index contributed by atoms with van der Waals surface area (Å²) in [7, 11) is 0. The Balaban J connectivity index is 1.46. The zero-order valence-electron chi connectivity index (χ0n) is 17.7. The van der Waals surface area contributed by atoms with Gasteiger partial charge in [0.2, 0.25) is 0 Å². The highest BCUT2D eigenvalue weighted by Crippen LogP contribution is 2.21. The molecule has 1 aliphatic rings. The number of para-hydroxylation sites is 1. The molecule has 0 atom stereocenters. The number of aryl methyl sites for hydroxylation is 1. The Kier molecular flexibility index (Phi) is 5.57. The molecule has 4 aromatic rings. The van der Waals surface area contributed by atoms with Crippen LogP contribution in [-0.4, -0.2) is 27.5 Å². The maximum Gasteiger partial charge on any atom is 0.276 e. The van der Waals surface area contributed by atoms with Crippen molar-refractivity contribution in [2.24, 2.45) is 0 Å². The molecule has 0 saturated carbocycles. The van der Waals surface area contributed by atoms with E-state index in [2.05, 4.69) is 34.5 Å². The van der Waals surface area contributed by atoms with Crippen LogP contribution >= 0.6 is 11.3 Å². The van der Waals surface area contributed by atoms with E-state index in [-0.39, 0.29) is 5.56 Å². The average molecular weight is 431 g/mol. The van der Waals surface area contributed by atoms with Crippen molar-refractivity contribution in [3.05, 3.63) is 87.3 Å². The lowest BCUT2D eigenvalue weighted by atomic mass is 10.2. The molecule has 0 aliphatic carbocycles. The zero-order valence-corrected chi connectivity index (χ0v) is 18.5. The SMILES string of the molecule is Cc1ccccc1-n1c(CNc2cccc(CN3CCCC3)c2)nc2ccsc2c1=O. The summed E-state index contributed by atoms with van der Waals surface area (Å²) in [4.78, 5) is 20.7. The number of hydrogen-bond acceptors (Lipinski definition) is 5. The molecular formula is C25H26N4OS. The van der Waals surface area contributed by atoms with Crippen LogP contribution in [0.3, 0.4) is 0 Å². The Hall–Kier alpha value is -2.96. The average Bonchev–Trinajstić information content (AvgIpc) is 3.46. The summed E-state index contributed by atoms with van der Waals surface area (Å²) in [6, 6.07) is 18.4. The van der Waals surface area contributed by atoms with Crippen LogP contribution in [0.4, 0.5) is 5.69 Å². The molecule has 1 N–H and O–H groups in total. The molecule has 6 heteroatoms. The second-order valence-electron chi connectivity index (χ2n) is 8.13. The van der Waals surface area contributed by atoms with Crippen LogP contribution in [0.15, 0.2) is 64.8 Å². The molecule has 1 aliphatic heterocycles. The van der Waals surface area contributed by atoms with Gasteiger partial charge in [0.25, 0.3) is 5.56 Å². The number of benzene rings is 2. The minimum Gasteiger partial charge on any atom is -0.378 e. The fourth-order valence-electron chi connectivity index (χ4n) is 4.30. The fraction of sp³-hybridized carbons (Fsp3) is 0.280. The summed E-state index contributed by atoms with van der Waals surface area (Å²) in [5.41, 5.74) is 5.05. The monoisotopic (exact) mass is 430 g/mol. The lowest BCUT2D eigenvalue weighted by molar-refractivity contribution is 0.331. The number of aromatic nitrogens is 2. The van der Waals surface area contributed by atoms with Crippen molar-refractivity contribution in [1.82, 2.24) is 14.5 Å². The van der Waals surface area contributed by atoms with Crippen LogP contribution in [0.25, 0.3) is 15.9 Å². The first-order valence-corrected chi connectivity index (χ1v) is 11.7. The first kappa shape index (κ1) is 20.0. The molecule has 1 fully saturated rings. The quantitative estimate of drug-likeness (QED) is 0.470. The highest BCUT2D eigenvalue weighted by atomic mass is 32.1. The Labute approximate surface area is 186 Å². The van der Waals surface area contributed by atoms with Crippen LogP contribution in [0.1, 0.15) is 29.8 Å². The van der Waals surface area contributed by atoms with Crippen molar-refractivity contribution in [3.63, 3.8) is 0 Å². The third-order valence-corrected chi connectivity index (χ3v) is 6.78. The molecule has 3 heterocycles. The van der Waals surface area contributed by atoms with Gasteiger partial charge in [0.15, 0.2) is 0 Å². The van der Waals surface area contributed by atoms with E-state index >= 15 is 0 Å². The number of likely N-dealkylation sites (tertiary alicyclic amines) is 1. The molecule has 0 bridgehead atoms. The molecule has 0 radical (unpaired) electrons. The number of nitrogens with zero attached hydrogens (tertiary/aromatic N) is 3. The van der Waals surface area contributed by atoms with E-state index in [9.17, 15) is 4.79 Å². The van der Waals surface area contributed by atoms with Gasteiger partial charge in [0.1, 0.15) is 10.5 Å². The second-order valence-corrected chi connectivity index (χ2v) is 9.04. The molecule has 2 aromatic carbocycles. The minimum absolute atomic E-state index is 0.00566. The molecule has 0 amide bonds. The molecule has 5 rings (SSSR count). The molecule has 1 saturated heterocycles. The highest BCUT2D eigenvalue weighted by molar-refractivity contribution is 7.17. The van der Waals surface area contributed by atoms with Gasteiger partial charge in [-0.3, -0.25) is 14.3 Å². The predicted octanol–water partition coefficient (Wildman–Crippen LogP) is 4.96. The number of anilines is 1. The number of rotatable bonds is 6. The van der Waals surface area contributed by atoms with Crippen molar-refractivity contribution < 1.29 is 0 Å². The molecular weight excluding hydrogens is 404 g/mol. The Bertz CT molecular complexity index is 1270. The van der Waals surface area contributed by atoms with E-state index in [0.717, 1.165) is 34.8 Å². The van der Waals surface area contributed by atoms with Gasteiger partial charge in [-0.1, -0.05) is 30.3 Å². The van der Waals surface area contributed by atoms with Gasteiger partial charge in [0.05, 0.1) is 17.7 Å². The number of hydrogen-bond donors (Lipinski definition) is 1. The Morgan fingerprint density at radius 1 is 1.06 bits per heavy atom. The minimum atomic E-state index is -0.00566. The predicted molar refractivity (Wildman–Crippen MR) is 128 cm³/mol. The summed E-state index contributed by atoms with van der Waals surface area (Å²) in [5, 5.41) is 5.43. The smallest absolute Gasteiger partial charge is 0.276 e. The number of nitrogens with one attached hydrogen (secondary N) is 1. The maximum atomic E-state index is 13.3. The van der Waals surface area contributed by atoms with Gasteiger partial charge in [-0.15, -0.1) is 11.3 Å². The van der Waals surface area contributed by atoms with E-state index in [1.807, 2.05) is 42.6 Å². The second kappa shape index (κ2) is 8.65. The maximum absolute atomic E-state index is 13.3. The topological polar surface area (TPSA) is 50.2 Å². The van der Waals surface area contributed by atoms with Crippen LogP contribution in [0.2, 0.25) is 0 Å². The zero-order chi connectivity index (χ0) is 21.2. The number of thiophene rings is 1. The van der Waals surface area contributed by atoms with Gasteiger partial charge in [-0.05, 0) is 73.6 Å². The Morgan fingerprint density at radius 3 is 2.74 bits per heavy atom. The van der Waals surface area contributed by atoms with Crippen molar-refractivity contribution in [2.75, 3.05) is 18.4 Å². The summed E-state index contributed by atoms with van der Waals surface area (Å²) < 4.78 is 2.45. The normalized spacial score (nSPS) is 14.4. The van der Waals surface area contributed by atoms with Crippen LogP contribution in [-0.2, 0) is 13.1 Å². The van der Waals surface area contributed by atoms with Crippen molar-refractivity contribution in [1.29, 1.82) is 0 Å². The first-order valence-electron chi connectivity index (χ1n) is 10.8. The lowest BCUT2D eigenvalue weighted by Gasteiger charge is -2.17. The summed E-state index contributed by atoms with van der Waals surface area (Å²) in [6.45, 7) is 5.86. The largest absolute Gasteiger partial charge is 0.378 e. The third kappa shape index (κ3) is 4.13. The molecule has 0 spiro atoms. The summed E-state index contributed by atoms with van der Waals surface area (Å²) in [6.07, 6.45) is 2.59. The van der Waals surface area contributed by atoms with Gasteiger partial charge >= 0.3 is 0 Å². The van der Waals surface area contributed by atoms with Crippen LogP contribution < -0.4 is 10.9 Å². The van der Waals surface area contributed by atoms with Crippen molar-refractivity contribution in [3.8, 4) is 5.69 Å². The number of fused-ring (bicyclic) bond motifs is 1. The summed E-state index contributed by atoms with van der Waals surface area (Å²) in [5.74, 6) is 0.718. The standard InChI is InChI=1S/C25H26N4OS/c1-18-7-2-3-10-22(18)29-23(27-21-11-14-31-24(21)25(29)30)16-26-20-9-6-8-19(15-20)17-28-12-4-5-13-28/h2-3,6-11,14-15,26H,4-5,12-13,16-17H2,1H3. The van der Waals surface area contributed by atoms with Gasteiger partial charge in [0, 0.05) is 12.2 Å². The van der Waals surface area contributed by atoms with Crippen molar-refractivity contribution >= 4 is 27.2 Å². The first-order chi connectivity index (χ1) is 15.2. The highest BCUT2D eigenvalue weighted by Gasteiger charge is 2.15. The fourth-order valence-corrected chi connectivity index (χ4v) is 5.06. The molecule has 31 heavy (non-hydrogen) atoms. The molecule has 5 nitrogen and oxygen atoms in total. The summed E-state index contributed by atoms with van der Waals surface area (Å²) >= 11 is 1.45. The van der Waals surface area contributed by atoms with Gasteiger partial charge in [-0.2, -0.15) is 0 Å². The molecule has 0 unspecified atom stereocenters. The van der Waals surface area contributed by atoms with E-state index in [1.54, 1.807) is 4.57 Å². The van der Waals surface area contributed by atoms with E-state index in [4.69, 9.17) is 4.98 Å². The Morgan fingerprint density at radius 2 is 1.90 bits per heavy atom. The lowest BCUT2D eigenvalue weighted by Crippen LogP contribution is -2.25. The van der Waals surface area contributed by atoms with E-state index in [1.165, 1.54) is 42.8 Å². The van der Waals surface area contributed by atoms with Gasteiger partial charge in [-0.25, -0.2) is 4.98 Å². The van der Waals surface area contributed by atoms with Crippen molar-refractivity contribution in [2.45, 2.75) is 32.9 Å². The van der Waals surface area contributed by atoms with Gasteiger partial charge < -0.3 is 5.32 Å².